The van der Waals surface area contributed by atoms with Crippen LogP contribution in [0.5, 0.6) is 5.75 Å². The first-order valence-electron chi connectivity index (χ1n) is 10.9. The van der Waals surface area contributed by atoms with Gasteiger partial charge in [-0.25, -0.2) is 0 Å². The number of nitrogens with one attached hydrogen (secondary N) is 1. The Morgan fingerprint density at radius 2 is 1.82 bits per heavy atom. The van der Waals surface area contributed by atoms with Crippen LogP contribution in [0.25, 0.3) is 0 Å². The van der Waals surface area contributed by atoms with Gasteiger partial charge < -0.3 is 10.1 Å². The summed E-state index contributed by atoms with van der Waals surface area (Å²) in [4.78, 5) is 33.3. The molecule has 2 aromatic carbocycles. The molecule has 4 aromatic rings. The minimum absolute atomic E-state index is 0.129. The van der Waals surface area contributed by atoms with Crippen LogP contribution in [0, 0.1) is 0 Å². The van der Waals surface area contributed by atoms with Gasteiger partial charge in [-0.3, -0.25) is 19.5 Å². The van der Waals surface area contributed by atoms with Gasteiger partial charge in [-0.15, -0.1) is 0 Å². The lowest BCUT2D eigenvalue weighted by molar-refractivity contribution is -0.123. The van der Waals surface area contributed by atoms with Gasteiger partial charge in [0, 0.05) is 30.2 Å². The number of anilines is 1. The zero-order chi connectivity index (χ0) is 23.5. The van der Waals surface area contributed by atoms with Crippen molar-refractivity contribution in [1.82, 2.24) is 10.3 Å². The van der Waals surface area contributed by atoms with Crippen LogP contribution in [0.3, 0.4) is 0 Å². The van der Waals surface area contributed by atoms with Crippen molar-refractivity contribution in [3.05, 3.63) is 112 Å². The molecule has 6 nitrogen and oxygen atoms in total. The summed E-state index contributed by atoms with van der Waals surface area (Å²) >= 11 is 1.55. The quantitative estimate of drug-likeness (QED) is 0.434. The Balaban J connectivity index is 1.60. The van der Waals surface area contributed by atoms with Crippen LogP contribution in [-0.2, 0) is 11.3 Å². The summed E-state index contributed by atoms with van der Waals surface area (Å²) in [6.45, 7) is 0.382. The number of carbonyl (C=O) groups excluding carboxylic acids is 2. The molecule has 1 aliphatic rings. The Morgan fingerprint density at radius 1 is 1.06 bits per heavy atom. The number of ether oxygens (including phenoxy) is 1. The van der Waals surface area contributed by atoms with Crippen LogP contribution >= 0.6 is 11.3 Å². The third-order valence-corrected chi connectivity index (χ3v) is 6.77. The third kappa shape index (κ3) is 4.06. The van der Waals surface area contributed by atoms with Gasteiger partial charge in [0.2, 0.25) is 5.91 Å². The van der Waals surface area contributed by atoms with Crippen molar-refractivity contribution < 1.29 is 14.3 Å². The highest BCUT2D eigenvalue weighted by atomic mass is 32.1. The zero-order valence-corrected chi connectivity index (χ0v) is 19.4. The molecule has 0 saturated carbocycles. The molecule has 2 aromatic heterocycles. The molecule has 2 atom stereocenters. The molecule has 170 valence electrons. The summed E-state index contributed by atoms with van der Waals surface area (Å²) < 4.78 is 5.30. The predicted octanol–water partition coefficient (Wildman–Crippen LogP) is 4.95. The summed E-state index contributed by atoms with van der Waals surface area (Å²) in [5.41, 5.74) is 3.87. The number of benzene rings is 2. The molecule has 0 fully saturated rings. The first-order chi connectivity index (χ1) is 16.7. The predicted molar refractivity (Wildman–Crippen MR) is 132 cm³/mol. The van der Waals surface area contributed by atoms with Crippen molar-refractivity contribution in [1.29, 1.82) is 0 Å². The number of amides is 2. The number of fused-ring (bicyclic) bond motifs is 1. The molecule has 34 heavy (non-hydrogen) atoms. The van der Waals surface area contributed by atoms with Crippen LogP contribution in [0.15, 0.2) is 89.9 Å². The van der Waals surface area contributed by atoms with Gasteiger partial charge in [-0.1, -0.05) is 18.2 Å². The Morgan fingerprint density at radius 3 is 2.53 bits per heavy atom. The molecule has 0 unspecified atom stereocenters. The van der Waals surface area contributed by atoms with E-state index in [1.165, 1.54) is 0 Å². The Labute approximate surface area is 201 Å². The zero-order valence-electron chi connectivity index (χ0n) is 18.5. The molecule has 0 spiro atoms. The fourth-order valence-corrected chi connectivity index (χ4v) is 5.12. The van der Waals surface area contributed by atoms with Crippen molar-refractivity contribution in [3.63, 3.8) is 0 Å². The SMILES string of the molecule is COc1ccc(N2C(=O)c3ccccc3[C@H](C(=O)NCc3ccncc3)[C@H]2c2ccsc2)cc1. The molecule has 1 N–H and O–H groups in total. The second-order valence-electron chi connectivity index (χ2n) is 8.01. The van der Waals surface area contributed by atoms with Gasteiger partial charge in [0.15, 0.2) is 0 Å². The Bertz CT molecular complexity index is 1290. The fraction of sp³-hybridized carbons (Fsp3) is 0.148. The van der Waals surface area contributed by atoms with E-state index in [1.807, 2.05) is 71.4 Å². The molecule has 2 amide bonds. The smallest absolute Gasteiger partial charge is 0.259 e. The van der Waals surface area contributed by atoms with Gasteiger partial charge in [0.05, 0.1) is 19.1 Å². The summed E-state index contributed by atoms with van der Waals surface area (Å²) in [6, 6.07) is 20.0. The number of aromatic nitrogens is 1. The number of rotatable bonds is 6. The molecular formula is C27H23N3O3S. The van der Waals surface area contributed by atoms with E-state index in [9.17, 15) is 9.59 Å². The molecule has 0 aliphatic carbocycles. The summed E-state index contributed by atoms with van der Waals surface area (Å²) in [6.07, 6.45) is 3.41. The highest BCUT2D eigenvalue weighted by molar-refractivity contribution is 7.08. The largest absolute Gasteiger partial charge is 0.497 e. The topological polar surface area (TPSA) is 71.5 Å². The number of thiophene rings is 1. The molecule has 5 rings (SSSR count). The van der Waals surface area contributed by atoms with Crippen molar-refractivity contribution in [2.75, 3.05) is 12.0 Å². The highest BCUT2D eigenvalue weighted by Gasteiger charge is 2.44. The summed E-state index contributed by atoms with van der Waals surface area (Å²) in [5, 5.41) is 7.06. The van der Waals surface area contributed by atoms with Crippen LogP contribution < -0.4 is 15.0 Å². The van der Waals surface area contributed by atoms with Crippen molar-refractivity contribution >= 4 is 28.8 Å². The van der Waals surface area contributed by atoms with E-state index in [0.29, 0.717) is 23.5 Å². The van der Waals surface area contributed by atoms with Gasteiger partial charge >= 0.3 is 0 Å². The number of hydrogen-bond donors (Lipinski definition) is 1. The average molecular weight is 470 g/mol. The third-order valence-electron chi connectivity index (χ3n) is 6.07. The second kappa shape index (κ2) is 9.49. The highest BCUT2D eigenvalue weighted by Crippen LogP contribution is 2.45. The average Bonchev–Trinajstić information content (AvgIpc) is 3.43. The first kappa shape index (κ1) is 21.9. The van der Waals surface area contributed by atoms with Crippen LogP contribution in [0.1, 0.15) is 39.0 Å². The van der Waals surface area contributed by atoms with E-state index in [4.69, 9.17) is 4.74 Å². The normalized spacial score (nSPS) is 17.2. The van der Waals surface area contributed by atoms with Crippen LogP contribution in [-0.4, -0.2) is 23.9 Å². The number of pyridine rings is 1. The van der Waals surface area contributed by atoms with E-state index in [0.717, 1.165) is 16.7 Å². The molecule has 3 heterocycles. The monoisotopic (exact) mass is 469 g/mol. The fourth-order valence-electron chi connectivity index (χ4n) is 4.43. The summed E-state index contributed by atoms with van der Waals surface area (Å²) in [5.74, 6) is -0.138. The molecular weight excluding hydrogens is 446 g/mol. The lowest BCUT2D eigenvalue weighted by Gasteiger charge is -2.41. The maximum absolute atomic E-state index is 13.8. The Hall–Kier alpha value is -3.97. The van der Waals surface area contributed by atoms with Gasteiger partial charge in [0.25, 0.3) is 5.91 Å². The lowest BCUT2D eigenvalue weighted by Crippen LogP contribution is -2.47. The number of nitrogens with zero attached hydrogens (tertiary/aromatic N) is 2. The van der Waals surface area contributed by atoms with Gasteiger partial charge in [0.1, 0.15) is 5.75 Å². The summed E-state index contributed by atoms with van der Waals surface area (Å²) in [7, 11) is 1.61. The molecule has 0 radical (unpaired) electrons. The van der Waals surface area contributed by atoms with E-state index in [2.05, 4.69) is 10.3 Å². The van der Waals surface area contributed by atoms with Crippen LogP contribution in [0.4, 0.5) is 5.69 Å². The van der Waals surface area contributed by atoms with E-state index >= 15 is 0 Å². The number of carbonyl (C=O) groups is 2. The van der Waals surface area contributed by atoms with Crippen LogP contribution in [0.2, 0.25) is 0 Å². The maximum Gasteiger partial charge on any atom is 0.259 e. The lowest BCUT2D eigenvalue weighted by atomic mass is 9.79. The second-order valence-corrected chi connectivity index (χ2v) is 8.79. The molecule has 0 saturated heterocycles. The van der Waals surface area contributed by atoms with E-state index in [1.54, 1.807) is 41.8 Å². The molecule has 0 bridgehead atoms. The van der Waals surface area contributed by atoms with Crippen molar-refractivity contribution in [2.24, 2.45) is 0 Å². The molecule has 7 heteroatoms. The Kier molecular flexibility index (Phi) is 6.10. The van der Waals surface area contributed by atoms with E-state index in [-0.39, 0.29) is 11.8 Å². The van der Waals surface area contributed by atoms with E-state index < -0.39 is 12.0 Å². The number of hydrogen-bond acceptors (Lipinski definition) is 5. The van der Waals surface area contributed by atoms with Gasteiger partial charge in [-0.05, 0) is 76.0 Å². The molecule has 1 aliphatic heterocycles. The first-order valence-corrected chi connectivity index (χ1v) is 11.9. The minimum atomic E-state index is -0.576. The van der Waals surface area contributed by atoms with Crippen molar-refractivity contribution in [3.8, 4) is 5.75 Å². The minimum Gasteiger partial charge on any atom is -0.497 e. The van der Waals surface area contributed by atoms with Gasteiger partial charge in [-0.2, -0.15) is 11.3 Å². The number of methoxy groups -OCH3 is 1. The van der Waals surface area contributed by atoms with Crippen molar-refractivity contribution in [2.45, 2.75) is 18.5 Å². The standard InChI is InChI=1S/C27H23N3O3S/c1-33-21-8-6-20(7-9-21)30-25(19-12-15-34-17-19)24(22-4-2-3-5-23(22)27(30)32)26(31)29-16-18-10-13-28-14-11-18/h2-15,17,24-25H,16H2,1H3,(H,29,31)/t24-,25+/m0/s1. The maximum atomic E-state index is 13.8.